The van der Waals surface area contributed by atoms with Gasteiger partial charge in [0, 0.05) is 37.6 Å². The second-order valence-corrected chi connectivity index (χ2v) is 10.1. The number of benzene rings is 1. The van der Waals surface area contributed by atoms with E-state index in [1.807, 2.05) is 6.07 Å². The zero-order valence-electron chi connectivity index (χ0n) is 15.2. The van der Waals surface area contributed by atoms with E-state index in [4.69, 9.17) is 16.3 Å². The van der Waals surface area contributed by atoms with Gasteiger partial charge in [-0.05, 0) is 54.9 Å². The summed E-state index contributed by atoms with van der Waals surface area (Å²) < 4.78 is 32.6. The summed E-state index contributed by atoms with van der Waals surface area (Å²) in [6.45, 7) is 2.68. The average molecular weight is 399 g/mol. The molecule has 0 saturated carbocycles. The van der Waals surface area contributed by atoms with E-state index >= 15 is 0 Å². The first-order valence-electron chi connectivity index (χ1n) is 9.50. The molecule has 26 heavy (non-hydrogen) atoms. The first-order valence-corrected chi connectivity index (χ1v) is 11.6. The Labute approximate surface area is 161 Å². The van der Waals surface area contributed by atoms with Crippen molar-refractivity contribution in [1.29, 1.82) is 0 Å². The Bertz CT molecular complexity index is 770. The molecule has 1 aromatic rings. The van der Waals surface area contributed by atoms with Gasteiger partial charge in [-0.25, -0.2) is 8.42 Å². The van der Waals surface area contributed by atoms with Crippen molar-refractivity contribution in [3.63, 3.8) is 0 Å². The highest BCUT2D eigenvalue weighted by Gasteiger charge is 2.45. The Balaban J connectivity index is 1.63. The first kappa shape index (κ1) is 18.5. The van der Waals surface area contributed by atoms with Gasteiger partial charge in [0.1, 0.15) is 5.75 Å². The Kier molecular flexibility index (Phi) is 5.21. The van der Waals surface area contributed by atoms with E-state index in [9.17, 15) is 8.42 Å². The van der Waals surface area contributed by atoms with Crippen molar-refractivity contribution in [1.82, 2.24) is 9.21 Å². The molecular formula is C19H27ClN2O3S. The standard InChI is InChI=1S/C19H27ClN2O3S/c1-25-16-4-5-17-14(11-16)6-9-21-13-15-3-2-8-22(18(15)12-19(17)21)26(23,24)10-7-20/h4-5,11,15,18-19H,2-3,6-10,12-13H2,1H3/t15-,18+,19-/m0/s1. The number of rotatable bonds is 4. The van der Waals surface area contributed by atoms with E-state index in [1.165, 1.54) is 11.1 Å². The van der Waals surface area contributed by atoms with E-state index in [1.54, 1.807) is 11.4 Å². The third-order valence-corrected chi connectivity index (χ3v) is 8.61. The number of halogens is 1. The summed E-state index contributed by atoms with van der Waals surface area (Å²) in [5.74, 6) is 1.54. The molecular weight excluding hydrogens is 372 g/mol. The monoisotopic (exact) mass is 398 g/mol. The molecule has 4 rings (SSSR count). The van der Waals surface area contributed by atoms with Gasteiger partial charge >= 0.3 is 0 Å². The van der Waals surface area contributed by atoms with Crippen molar-refractivity contribution in [2.45, 2.75) is 37.8 Å². The molecule has 0 amide bonds. The Morgan fingerprint density at radius 2 is 2.15 bits per heavy atom. The smallest absolute Gasteiger partial charge is 0.215 e. The minimum Gasteiger partial charge on any atom is -0.497 e. The van der Waals surface area contributed by atoms with Crippen molar-refractivity contribution < 1.29 is 13.2 Å². The predicted molar refractivity (Wildman–Crippen MR) is 103 cm³/mol. The molecule has 2 fully saturated rings. The van der Waals surface area contributed by atoms with Crippen LogP contribution in [0.25, 0.3) is 0 Å². The fourth-order valence-electron chi connectivity index (χ4n) is 5.08. The molecule has 3 aliphatic heterocycles. The number of piperidine rings is 2. The van der Waals surface area contributed by atoms with E-state index in [2.05, 4.69) is 17.0 Å². The summed E-state index contributed by atoms with van der Waals surface area (Å²) >= 11 is 5.76. The maximum absolute atomic E-state index is 12.7. The topological polar surface area (TPSA) is 49.9 Å². The number of ether oxygens (including phenoxy) is 1. The first-order chi connectivity index (χ1) is 12.5. The molecule has 0 N–H and O–H groups in total. The van der Waals surface area contributed by atoms with Gasteiger partial charge in [-0.1, -0.05) is 6.07 Å². The number of fused-ring (bicyclic) bond motifs is 4. The number of methoxy groups -OCH3 is 1. The second-order valence-electron chi connectivity index (χ2n) is 7.65. The second kappa shape index (κ2) is 7.30. The normalized spacial score (nSPS) is 29.5. The summed E-state index contributed by atoms with van der Waals surface area (Å²) in [6, 6.07) is 6.74. The van der Waals surface area contributed by atoms with Crippen LogP contribution in [-0.2, 0) is 16.4 Å². The summed E-state index contributed by atoms with van der Waals surface area (Å²) in [4.78, 5) is 2.56. The third kappa shape index (κ3) is 3.26. The van der Waals surface area contributed by atoms with Crippen molar-refractivity contribution in [3.8, 4) is 5.75 Å². The maximum atomic E-state index is 12.7. The van der Waals surface area contributed by atoms with Crippen LogP contribution in [0.4, 0.5) is 0 Å². The fraction of sp³-hybridized carbons (Fsp3) is 0.684. The minimum atomic E-state index is -3.27. The highest BCUT2D eigenvalue weighted by atomic mass is 35.5. The lowest BCUT2D eigenvalue weighted by Crippen LogP contribution is -2.57. The van der Waals surface area contributed by atoms with Gasteiger partial charge in [0.2, 0.25) is 10.0 Å². The van der Waals surface area contributed by atoms with E-state index < -0.39 is 10.0 Å². The van der Waals surface area contributed by atoms with Crippen LogP contribution in [0.15, 0.2) is 18.2 Å². The fourth-order valence-corrected chi connectivity index (χ4v) is 7.17. The lowest BCUT2D eigenvalue weighted by Gasteiger charge is -2.51. The molecule has 5 nitrogen and oxygen atoms in total. The molecule has 0 aromatic heterocycles. The summed E-state index contributed by atoms with van der Waals surface area (Å²) in [5, 5.41) is 0. The molecule has 0 aliphatic carbocycles. The van der Waals surface area contributed by atoms with E-state index in [-0.39, 0.29) is 17.7 Å². The minimum absolute atomic E-state index is 0.0416. The largest absolute Gasteiger partial charge is 0.497 e. The Hall–Kier alpha value is -0.820. The van der Waals surface area contributed by atoms with Crippen LogP contribution in [0.1, 0.15) is 36.4 Å². The van der Waals surface area contributed by atoms with Gasteiger partial charge in [-0.15, -0.1) is 11.6 Å². The third-order valence-electron chi connectivity index (χ3n) is 6.31. The van der Waals surface area contributed by atoms with Gasteiger partial charge in [-0.2, -0.15) is 4.31 Å². The lowest BCUT2D eigenvalue weighted by atomic mass is 9.77. The molecule has 2 saturated heterocycles. The Morgan fingerprint density at radius 1 is 1.31 bits per heavy atom. The molecule has 3 heterocycles. The van der Waals surface area contributed by atoms with Crippen LogP contribution in [0.5, 0.6) is 5.75 Å². The molecule has 0 bridgehead atoms. The summed E-state index contributed by atoms with van der Waals surface area (Å²) in [6.07, 6.45) is 3.99. The van der Waals surface area contributed by atoms with Gasteiger partial charge in [0.15, 0.2) is 0 Å². The Morgan fingerprint density at radius 3 is 2.92 bits per heavy atom. The highest BCUT2D eigenvalue weighted by molar-refractivity contribution is 7.89. The van der Waals surface area contributed by atoms with Crippen molar-refractivity contribution >= 4 is 21.6 Å². The van der Waals surface area contributed by atoms with E-state index in [0.29, 0.717) is 18.5 Å². The SMILES string of the molecule is COc1ccc2c(c1)CCN1C[C@@H]3CCCN(S(=O)(=O)CCCl)[C@@H]3C[C@@H]21. The predicted octanol–water partition coefficient (Wildman–Crippen LogP) is 2.65. The number of nitrogens with zero attached hydrogens (tertiary/aromatic N) is 2. The quantitative estimate of drug-likeness (QED) is 0.731. The molecule has 144 valence electrons. The van der Waals surface area contributed by atoms with Gasteiger partial charge in [0.25, 0.3) is 0 Å². The molecule has 3 atom stereocenters. The van der Waals surface area contributed by atoms with E-state index in [0.717, 1.165) is 44.5 Å². The molecule has 3 aliphatic rings. The molecule has 0 radical (unpaired) electrons. The van der Waals surface area contributed by atoms with Crippen molar-refractivity contribution in [3.05, 3.63) is 29.3 Å². The maximum Gasteiger partial charge on any atom is 0.215 e. The van der Waals surface area contributed by atoms with Crippen LogP contribution >= 0.6 is 11.6 Å². The summed E-state index contributed by atoms with van der Waals surface area (Å²) in [7, 11) is -1.57. The van der Waals surface area contributed by atoms with Gasteiger partial charge < -0.3 is 4.74 Å². The molecule has 7 heteroatoms. The van der Waals surface area contributed by atoms with Gasteiger partial charge in [0.05, 0.1) is 12.9 Å². The lowest BCUT2D eigenvalue weighted by molar-refractivity contribution is 0.0220. The van der Waals surface area contributed by atoms with Crippen LogP contribution < -0.4 is 4.74 Å². The van der Waals surface area contributed by atoms with Crippen LogP contribution in [0.3, 0.4) is 0 Å². The average Bonchev–Trinajstić information content (AvgIpc) is 2.65. The zero-order chi connectivity index (χ0) is 18.3. The number of alkyl halides is 1. The van der Waals surface area contributed by atoms with Crippen molar-refractivity contribution in [2.24, 2.45) is 5.92 Å². The van der Waals surface area contributed by atoms with Crippen LogP contribution in [-0.4, -0.2) is 62.0 Å². The highest BCUT2D eigenvalue weighted by Crippen LogP contribution is 2.44. The van der Waals surface area contributed by atoms with Crippen LogP contribution in [0, 0.1) is 5.92 Å². The summed E-state index contributed by atoms with van der Waals surface area (Å²) in [5.41, 5.74) is 2.69. The molecule has 0 unspecified atom stereocenters. The number of hydrogen-bond donors (Lipinski definition) is 0. The van der Waals surface area contributed by atoms with Crippen LogP contribution in [0.2, 0.25) is 0 Å². The molecule has 1 aromatic carbocycles. The zero-order valence-corrected chi connectivity index (χ0v) is 16.8. The molecule has 0 spiro atoms. The van der Waals surface area contributed by atoms with Gasteiger partial charge in [-0.3, -0.25) is 4.90 Å². The number of sulfonamides is 1. The number of hydrogen-bond acceptors (Lipinski definition) is 4. The van der Waals surface area contributed by atoms with Crippen molar-refractivity contribution in [2.75, 3.05) is 38.4 Å².